The number of aromatic nitrogens is 2. The Morgan fingerprint density at radius 1 is 0.952 bits per heavy atom. The van der Waals surface area contributed by atoms with Gasteiger partial charge in [0.15, 0.2) is 5.69 Å². The number of piperidine rings is 2. The normalized spacial score (nSPS) is 29.7. The molecule has 4 aliphatic rings. The van der Waals surface area contributed by atoms with Crippen LogP contribution < -0.4 is 10.9 Å². The number of carboxylic acid groups (broad SMARTS) is 1. The van der Waals surface area contributed by atoms with Crippen LogP contribution in [0, 0.1) is 11.8 Å². The molecular formula is C32H43N5O5. The number of carbonyl (C=O) groups is 2. The van der Waals surface area contributed by atoms with Crippen LogP contribution in [-0.4, -0.2) is 68.9 Å². The van der Waals surface area contributed by atoms with E-state index < -0.39 is 12.6 Å². The van der Waals surface area contributed by atoms with Gasteiger partial charge in [-0.3, -0.25) is 14.5 Å². The highest BCUT2D eigenvalue weighted by molar-refractivity contribution is 6.01. The van der Waals surface area contributed by atoms with Crippen LogP contribution in [0.2, 0.25) is 0 Å². The number of amides is 1. The van der Waals surface area contributed by atoms with Crippen molar-refractivity contribution >= 4 is 28.6 Å². The van der Waals surface area contributed by atoms with Gasteiger partial charge in [-0.05, 0) is 68.9 Å². The molecule has 0 radical (unpaired) electrons. The molecule has 2 aliphatic heterocycles. The number of hydrogen-bond acceptors (Lipinski definition) is 7. The highest BCUT2D eigenvalue weighted by atomic mass is 16.6. The molecule has 10 heteroatoms. The van der Waals surface area contributed by atoms with Crippen LogP contribution in [0.25, 0.3) is 11.0 Å². The van der Waals surface area contributed by atoms with E-state index in [-0.39, 0.29) is 41.8 Å². The topological polar surface area (TPSA) is 126 Å². The Labute approximate surface area is 246 Å². The first-order valence-electron chi connectivity index (χ1n) is 15.8. The van der Waals surface area contributed by atoms with E-state index in [1.54, 1.807) is 7.05 Å². The molecule has 6 atom stereocenters. The average Bonchev–Trinajstić information content (AvgIpc) is 2.97. The van der Waals surface area contributed by atoms with Crippen molar-refractivity contribution in [2.75, 3.05) is 13.7 Å². The van der Waals surface area contributed by atoms with Crippen molar-refractivity contribution < 1.29 is 19.5 Å². The largest absolute Gasteiger partial charge is 0.479 e. The van der Waals surface area contributed by atoms with Crippen molar-refractivity contribution in [3.63, 3.8) is 0 Å². The van der Waals surface area contributed by atoms with Crippen LogP contribution in [0.15, 0.2) is 34.2 Å². The zero-order chi connectivity index (χ0) is 29.2. The van der Waals surface area contributed by atoms with E-state index in [1.165, 1.54) is 57.8 Å². The summed E-state index contributed by atoms with van der Waals surface area (Å²) in [5, 5.41) is 15.7. The summed E-state index contributed by atoms with van der Waals surface area (Å²) in [6.07, 6.45) is 13.9. The number of aliphatic carboxylic acids is 1. The smallest absolute Gasteiger partial charge is 0.344 e. The molecule has 10 nitrogen and oxygen atoms in total. The molecule has 4 bridgehead atoms. The monoisotopic (exact) mass is 577 g/mol. The molecule has 2 unspecified atom stereocenters. The Bertz CT molecular complexity index is 1380. The van der Waals surface area contributed by atoms with Gasteiger partial charge in [-0.25, -0.2) is 9.78 Å². The van der Waals surface area contributed by atoms with Gasteiger partial charge in [0.2, 0.25) is 12.5 Å². The van der Waals surface area contributed by atoms with Crippen molar-refractivity contribution in [1.82, 2.24) is 19.8 Å². The molecule has 2 saturated carbocycles. The van der Waals surface area contributed by atoms with Crippen molar-refractivity contribution in [2.45, 2.75) is 108 Å². The van der Waals surface area contributed by atoms with Crippen LogP contribution >= 0.6 is 0 Å². The summed E-state index contributed by atoms with van der Waals surface area (Å²) in [5.74, 6) is 0.375. The Morgan fingerprint density at radius 2 is 1.64 bits per heavy atom. The Hall–Kier alpha value is -3.27. The third-order valence-electron chi connectivity index (χ3n) is 10.2. The number of benzene rings is 1. The van der Waals surface area contributed by atoms with Gasteiger partial charge in [-0.1, -0.05) is 43.0 Å². The number of hydrogen-bond donors (Lipinski definition) is 2. The molecule has 2 aromatic rings. The van der Waals surface area contributed by atoms with Crippen LogP contribution in [-0.2, 0) is 14.4 Å². The predicted molar refractivity (Wildman–Crippen MR) is 159 cm³/mol. The molecule has 1 aromatic heterocycles. The predicted octanol–water partition coefficient (Wildman–Crippen LogP) is 4.25. The summed E-state index contributed by atoms with van der Waals surface area (Å²) in [7, 11) is 1.55. The van der Waals surface area contributed by atoms with Gasteiger partial charge in [-0.2, -0.15) is 0 Å². The quantitative estimate of drug-likeness (QED) is 0.337. The van der Waals surface area contributed by atoms with Gasteiger partial charge < -0.3 is 19.8 Å². The number of para-hydroxylation sites is 2. The summed E-state index contributed by atoms with van der Waals surface area (Å²) in [5.41, 5.74) is 1.52. The van der Waals surface area contributed by atoms with Gasteiger partial charge in [0.1, 0.15) is 5.71 Å². The minimum Gasteiger partial charge on any atom is -0.479 e. The minimum absolute atomic E-state index is 0.0268. The number of carbonyl (C=O) groups excluding carboxylic acids is 1. The average molecular weight is 578 g/mol. The van der Waals surface area contributed by atoms with Crippen LogP contribution in [0.3, 0.4) is 0 Å². The van der Waals surface area contributed by atoms with Gasteiger partial charge in [0.25, 0.3) is 5.56 Å². The fraction of sp³-hybridized carbons (Fsp3) is 0.656. The van der Waals surface area contributed by atoms with E-state index in [4.69, 9.17) is 14.9 Å². The van der Waals surface area contributed by atoms with E-state index in [0.717, 1.165) is 30.2 Å². The fourth-order valence-electron chi connectivity index (χ4n) is 8.57. The molecule has 0 spiro atoms. The van der Waals surface area contributed by atoms with E-state index in [2.05, 4.69) is 15.4 Å². The summed E-state index contributed by atoms with van der Waals surface area (Å²) in [6.45, 7) is -0.643. The first kappa shape index (κ1) is 28.8. The second-order valence-corrected chi connectivity index (χ2v) is 12.8. The molecule has 3 heterocycles. The van der Waals surface area contributed by atoms with E-state index >= 15 is 0 Å². The van der Waals surface area contributed by atoms with Gasteiger partial charge in [0.05, 0.1) is 11.0 Å². The lowest BCUT2D eigenvalue weighted by atomic mass is 9.68. The molecule has 2 N–H and O–H groups in total. The lowest BCUT2D eigenvalue weighted by Crippen LogP contribution is -2.58. The Kier molecular flexibility index (Phi) is 8.60. The molecule has 1 aromatic carbocycles. The maximum absolute atomic E-state index is 14.3. The van der Waals surface area contributed by atoms with E-state index in [9.17, 15) is 14.4 Å². The summed E-state index contributed by atoms with van der Waals surface area (Å²) >= 11 is 0. The summed E-state index contributed by atoms with van der Waals surface area (Å²) in [4.78, 5) is 50.1. The molecule has 6 rings (SSSR count). The molecule has 42 heavy (non-hydrogen) atoms. The summed E-state index contributed by atoms with van der Waals surface area (Å²) < 4.78 is 1.92. The molecule has 2 aliphatic carbocycles. The van der Waals surface area contributed by atoms with Crippen molar-refractivity contribution in [3.8, 4) is 0 Å². The second-order valence-electron chi connectivity index (χ2n) is 12.8. The molecule has 1 amide bonds. The second kappa shape index (κ2) is 12.5. The molecule has 4 fully saturated rings. The maximum Gasteiger partial charge on any atom is 0.344 e. The number of nitrogens with one attached hydrogen (secondary N) is 1. The zero-order valence-electron chi connectivity index (χ0n) is 24.5. The third-order valence-corrected chi connectivity index (χ3v) is 10.2. The molecule has 2 saturated heterocycles. The Morgan fingerprint density at radius 3 is 2.33 bits per heavy atom. The fourth-order valence-corrected chi connectivity index (χ4v) is 8.57. The van der Waals surface area contributed by atoms with E-state index in [0.29, 0.717) is 23.6 Å². The first-order chi connectivity index (χ1) is 20.4. The lowest BCUT2D eigenvalue weighted by molar-refractivity contribution is -0.142. The number of oxime groups is 1. The van der Waals surface area contributed by atoms with Crippen molar-refractivity contribution in [1.29, 1.82) is 0 Å². The van der Waals surface area contributed by atoms with Gasteiger partial charge >= 0.3 is 5.97 Å². The summed E-state index contributed by atoms with van der Waals surface area (Å²) in [6, 6.07) is 9.31. The van der Waals surface area contributed by atoms with Crippen molar-refractivity contribution in [2.24, 2.45) is 17.0 Å². The number of carboxylic acids is 1. The number of rotatable bonds is 9. The first-order valence-corrected chi connectivity index (χ1v) is 15.8. The van der Waals surface area contributed by atoms with Gasteiger partial charge in [-0.15, -0.1) is 0 Å². The highest BCUT2D eigenvalue weighted by Crippen LogP contribution is 2.47. The Balaban J connectivity index is 1.34. The lowest BCUT2D eigenvalue weighted by Gasteiger charge is -2.55. The molecular weight excluding hydrogens is 534 g/mol. The standard InChI is InChI=1S/C32H43N5O5/c1-33-29(38)13-12-27(35-42-19-30(39)40)31-32(41)37(28-11-3-2-10-26(28)34-31)25-17-22-8-5-9-23(18-25)36(22)24-15-20-6-4-7-21(14-20)16-24/h2-3,10-11,20-25H,4-9,12-19H2,1H3,(H,33,38)(H,39,40)/t20-,21+,22-,23+,24?,25?. The van der Waals surface area contributed by atoms with Gasteiger partial charge in [0, 0.05) is 44.1 Å². The minimum atomic E-state index is -1.17. The maximum atomic E-state index is 14.3. The van der Waals surface area contributed by atoms with Crippen LogP contribution in [0.4, 0.5) is 0 Å². The number of nitrogens with zero attached hydrogens (tertiary/aromatic N) is 4. The number of fused-ring (bicyclic) bond motifs is 5. The highest BCUT2D eigenvalue weighted by Gasteiger charge is 2.45. The van der Waals surface area contributed by atoms with Crippen molar-refractivity contribution in [3.05, 3.63) is 40.3 Å². The third kappa shape index (κ3) is 5.96. The SMILES string of the molecule is CNC(=O)CCC(=NOCC(=O)O)c1nc2ccccc2n(C2C[C@H]3CCC[C@@H](C2)N3C2C[C@H]3CCC[C@@H](C2)C3)c1=O. The zero-order valence-corrected chi connectivity index (χ0v) is 24.5. The van der Waals surface area contributed by atoms with Crippen LogP contribution in [0.5, 0.6) is 0 Å². The van der Waals surface area contributed by atoms with Crippen LogP contribution in [0.1, 0.15) is 95.2 Å². The molecule has 226 valence electrons. The van der Waals surface area contributed by atoms with E-state index in [1.807, 2.05) is 28.8 Å².